The topological polar surface area (TPSA) is 35.5 Å². The van der Waals surface area contributed by atoms with E-state index in [1.807, 2.05) is 30.3 Å². The maximum Gasteiger partial charge on any atom is 0.431 e. The van der Waals surface area contributed by atoms with Crippen LogP contribution in [0.1, 0.15) is 51.0 Å². The zero-order valence-electron chi connectivity index (χ0n) is 17.8. The lowest BCUT2D eigenvalue weighted by molar-refractivity contribution is -0.243. The van der Waals surface area contributed by atoms with E-state index in [1.54, 1.807) is 19.6 Å². The van der Waals surface area contributed by atoms with Crippen LogP contribution in [0.15, 0.2) is 42.0 Å². The van der Waals surface area contributed by atoms with Gasteiger partial charge in [0, 0.05) is 5.92 Å². The Balaban J connectivity index is 2.40. The molecular weight excluding hydrogens is 397 g/mol. The summed E-state index contributed by atoms with van der Waals surface area (Å²) in [5, 5.41) is 0. The lowest BCUT2D eigenvalue weighted by atomic mass is 9.81. The van der Waals surface area contributed by atoms with Gasteiger partial charge in [-0.15, -0.1) is 0 Å². The number of carbonyl (C=O) groups is 1. The summed E-state index contributed by atoms with van der Waals surface area (Å²) in [5.74, 6) is -1.47. The molecule has 7 heteroatoms. The summed E-state index contributed by atoms with van der Waals surface area (Å²) < 4.78 is 53.8. The van der Waals surface area contributed by atoms with Crippen LogP contribution >= 0.6 is 0 Å². The Bertz CT molecular complexity index is 721. The second-order valence-electron chi connectivity index (χ2n) is 8.91. The quantitative estimate of drug-likeness (QED) is 0.300. The molecule has 1 unspecified atom stereocenters. The third-order valence-electron chi connectivity index (χ3n) is 4.87. The number of hydrogen-bond acceptors (Lipinski definition) is 3. The van der Waals surface area contributed by atoms with Crippen molar-refractivity contribution < 1.29 is 27.1 Å². The van der Waals surface area contributed by atoms with E-state index in [1.165, 1.54) is 13.8 Å². The van der Waals surface area contributed by atoms with E-state index in [0.29, 0.717) is 12.0 Å². The molecule has 0 radical (unpaired) electrons. The highest BCUT2D eigenvalue weighted by atomic mass is 28.4. The monoisotopic (exact) mass is 428 g/mol. The third-order valence-corrected chi connectivity index (χ3v) is 5.81. The van der Waals surface area contributed by atoms with Crippen molar-refractivity contribution in [1.29, 1.82) is 0 Å². The van der Waals surface area contributed by atoms with Crippen molar-refractivity contribution in [2.75, 3.05) is 0 Å². The zero-order chi connectivity index (χ0) is 21.9. The lowest BCUT2D eigenvalue weighted by Crippen LogP contribution is -2.59. The number of benzene rings is 1. The SMILES string of the molecule is CC(C)=CC(O[Si](C)(C)C)(C(=O)O[C@H]1CCCC[C@@H]1c1ccccc1)C(F)(F)F. The molecule has 1 fully saturated rings. The molecule has 29 heavy (non-hydrogen) atoms. The van der Waals surface area contributed by atoms with Crippen LogP contribution in [-0.4, -0.2) is 32.2 Å². The molecule has 1 aromatic rings. The van der Waals surface area contributed by atoms with Gasteiger partial charge in [-0.3, -0.25) is 0 Å². The Labute approximate surface area is 172 Å². The Hall–Kier alpha value is -1.60. The molecule has 0 saturated heterocycles. The maximum atomic E-state index is 14.2. The number of halogens is 3. The van der Waals surface area contributed by atoms with Crippen LogP contribution < -0.4 is 0 Å². The van der Waals surface area contributed by atoms with Gasteiger partial charge in [-0.05, 0) is 64.4 Å². The molecule has 3 atom stereocenters. The first-order chi connectivity index (χ1) is 13.4. The Kier molecular flexibility index (Phi) is 7.38. The van der Waals surface area contributed by atoms with Gasteiger partial charge < -0.3 is 9.16 Å². The number of hydrogen-bond donors (Lipinski definition) is 0. The van der Waals surface area contributed by atoms with Gasteiger partial charge in [0.15, 0.2) is 8.32 Å². The fourth-order valence-corrected chi connectivity index (χ4v) is 5.04. The smallest absolute Gasteiger partial charge is 0.431 e. The second-order valence-corrected chi connectivity index (χ2v) is 13.3. The van der Waals surface area contributed by atoms with Crippen LogP contribution in [-0.2, 0) is 14.0 Å². The van der Waals surface area contributed by atoms with Gasteiger partial charge in [0.05, 0.1) is 0 Å². The van der Waals surface area contributed by atoms with E-state index in [2.05, 4.69) is 0 Å². The average molecular weight is 429 g/mol. The lowest BCUT2D eigenvalue weighted by Gasteiger charge is -2.39. The average Bonchev–Trinajstić information content (AvgIpc) is 2.59. The number of rotatable bonds is 6. The number of carbonyl (C=O) groups excluding carboxylic acids is 1. The summed E-state index contributed by atoms with van der Waals surface area (Å²) in [7, 11) is -2.74. The molecule has 0 spiro atoms. The molecule has 0 heterocycles. The molecule has 1 aliphatic carbocycles. The Morgan fingerprint density at radius 2 is 1.66 bits per heavy atom. The molecule has 0 amide bonds. The van der Waals surface area contributed by atoms with E-state index >= 15 is 0 Å². The fourth-order valence-electron chi connectivity index (χ4n) is 3.82. The van der Waals surface area contributed by atoms with Crippen LogP contribution in [0.25, 0.3) is 0 Å². The molecule has 1 aliphatic rings. The van der Waals surface area contributed by atoms with Crippen LogP contribution in [0.4, 0.5) is 13.2 Å². The number of esters is 1. The minimum atomic E-state index is -4.92. The minimum absolute atomic E-state index is 0.113. The van der Waals surface area contributed by atoms with Gasteiger partial charge in [0.2, 0.25) is 0 Å². The van der Waals surface area contributed by atoms with Crippen LogP contribution in [0.2, 0.25) is 19.6 Å². The van der Waals surface area contributed by atoms with E-state index in [-0.39, 0.29) is 5.92 Å². The van der Waals surface area contributed by atoms with Crippen LogP contribution in [0.3, 0.4) is 0 Å². The van der Waals surface area contributed by atoms with E-state index < -0.39 is 32.2 Å². The summed E-state index contributed by atoms with van der Waals surface area (Å²) in [6.45, 7) is 7.94. The number of ether oxygens (including phenoxy) is 1. The van der Waals surface area contributed by atoms with Crippen LogP contribution in [0.5, 0.6) is 0 Å². The highest BCUT2D eigenvalue weighted by molar-refractivity contribution is 6.70. The van der Waals surface area contributed by atoms with Crippen molar-refractivity contribution in [1.82, 2.24) is 0 Å². The summed E-state index contributed by atoms with van der Waals surface area (Å²) in [5.41, 5.74) is -1.74. The Morgan fingerprint density at radius 3 is 2.17 bits per heavy atom. The zero-order valence-corrected chi connectivity index (χ0v) is 18.8. The number of allylic oxidation sites excluding steroid dienone is 1. The maximum absolute atomic E-state index is 14.2. The fraction of sp³-hybridized carbons (Fsp3) is 0.591. The van der Waals surface area contributed by atoms with E-state index in [9.17, 15) is 18.0 Å². The third kappa shape index (κ3) is 5.95. The normalized spacial score (nSPS) is 22.5. The largest absolute Gasteiger partial charge is 0.459 e. The molecule has 1 aromatic carbocycles. The van der Waals surface area contributed by atoms with Gasteiger partial charge in [-0.1, -0.05) is 42.3 Å². The summed E-state index contributed by atoms with van der Waals surface area (Å²) in [6, 6.07) is 9.53. The first-order valence-electron chi connectivity index (χ1n) is 10.0. The van der Waals surface area contributed by atoms with Crippen molar-refractivity contribution in [3.63, 3.8) is 0 Å². The second kappa shape index (κ2) is 9.04. The standard InChI is InChI=1S/C22H31F3O3Si/c1-16(2)15-21(22(23,24)25,28-29(3,4)5)20(26)27-19-14-10-9-13-18(19)17-11-7-6-8-12-17/h6-8,11-12,15,18-19H,9-10,13-14H2,1-5H3/t18-,19+,21?/m1/s1. The molecule has 0 bridgehead atoms. The molecule has 0 N–H and O–H groups in total. The van der Waals surface area contributed by atoms with Gasteiger partial charge in [-0.25, -0.2) is 4.79 Å². The first-order valence-corrected chi connectivity index (χ1v) is 13.5. The van der Waals surface area contributed by atoms with Crippen molar-refractivity contribution in [3.05, 3.63) is 47.5 Å². The Morgan fingerprint density at radius 1 is 1.07 bits per heavy atom. The predicted molar refractivity (Wildman–Crippen MR) is 110 cm³/mol. The van der Waals surface area contributed by atoms with Gasteiger partial charge in [0.1, 0.15) is 6.10 Å². The molecular formula is C22H31F3O3Si. The van der Waals surface area contributed by atoms with Crippen molar-refractivity contribution in [2.45, 2.75) is 83.0 Å². The summed E-state index contributed by atoms with van der Waals surface area (Å²) in [4.78, 5) is 13.1. The molecule has 2 rings (SSSR count). The van der Waals surface area contributed by atoms with Gasteiger partial charge in [-0.2, -0.15) is 13.2 Å². The summed E-state index contributed by atoms with van der Waals surface area (Å²) in [6.07, 6.45) is -1.56. The first kappa shape index (κ1) is 23.7. The summed E-state index contributed by atoms with van der Waals surface area (Å²) >= 11 is 0. The van der Waals surface area contributed by atoms with E-state index in [0.717, 1.165) is 30.9 Å². The van der Waals surface area contributed by atoms with Crippen molar-refractivity contribution in [2.24, 2.45) is 0 Å². The van der Waals surface area contributed by atoms with Crippen LogP contribution in [0, 0.1) is 0 Å². The predicted octanol–water partition coefficient (Wildman–Crippen LogP) is 6.37. The molecule has 1 saturated carbocycles. The number of alkyl halides is 3. The highest BCUT2D eigenvalue weighted by Gasteiger charge is 2.63. The molecule has 0 aromatic heterocycles. The molecule has 0 aliphatic heterocycles. The van der Waals surface area contributed by atoms with Gasteiger partial charge >= 0.3 is 12.1 Å². The van der Waals surface area contributed by atoms with Crippen molar-refractivity contribution in [3.8, 4) is 0 Å². The van der Waals surface area contributed by atoms with Gasteiger partial charge in [0.25, 0.3) is 5.60 Å². The van der Waals surface area contributed by atoms with Crippen molar-refractivity contribution >= 4 is 14.3 Å². The molecule has 162 valence electrons. The minimum Gasteiger partial charge on any atom is -0.459 e. The molecule has 3 nitrogen and oxygen atoms in total. The highest BCUT2D eigenvalue weighted by Crippen LogP contribution is 2.42. The van der Waals surface area contributed by atoms with E-state index in [4.69, 9.17) is 9.16 Å².